The molecular weight excluding hydrogens is 246 g/mol. The third-order valence-electron chi connectivity index (χ3n) is 3.15. The van der Waals surface area contributed by atoms with Crippen molar-refractivity contribution in [2.75, 3.05) is 0 Å². The van der Waals surface area contributed by atoms with E-state index < -0.39 is 12.4 Å². The first-order valence-electron chi connectivity index (χ1n) is 6.46. The topological polar surface area (TPSA) is 67.8 Å². The molecule has 0 saturated carbocycles. The summed E-state index contributed by atoms with van der Waals surface area (Å²) in [7, 11) is 0. The Kier molecular flexibility index (Phi) is 4.76. The first kappa shape index (κ1) is 13.8. The normalized spacial score (nSPS) is 23.9. The van der Waals surface area contributed by atoms with Crippen LogP contribution in [0.15, 0.2) is 30.3 Å². The van der Waals surface area contributed by atoms with Crippen LogP contribution >= 0.6 is 0 Å². The summed E-state index contributed by atoms with van der Waals surface area (Å²) in [5, 5.41) is 12.0. The quantitative estimate of drug-likeness (QED) is 0.871. The van der Waals surface area contributed by atoms with E-state index in [1.165, 1.54) is 0 Å². The molecule has 1 heterocycles. The van der Waals surface area contributed by atoms with Crippen molar-refractivity contribution in [2.45, 2.75) is 44.8 Å². The fourth-order valence-corrected chi connectivity index (χ4v) is 2.06. The number of ether oxygens (including phenoxy) is 2. The molecule has 1 aliphatic heterocycles. The molecule has 1 saturated heterocycles. The third kappa shape index (κ3) is 4.22. The van der Waals surface area contributed by atoms with Crippen LogP contribution in [0.5, 0.6) is 0 Å². The third-order valence-corrected chi connectivity index (χ3v) is 3.15. The monoisotopic (exact) mass is 265 g/mol. The number of hydrogen-bond donors (Lipinski definition) is 2. The number of hydrogen-bond acceptors (Lipinski definition) is 4. The van der Waals surface area contributed by atoms with Crippen LogP contribution < -0.4 is 5.32 Å². The number of amides is 1. The molecule has 0 aromatic heterocycles. The standard InChI is InChI=1S/C14H19NO4/c1-10(12-7-8-13(16)19-12)15-14(17)18-9-11-5-3-2-4-6-11/h2-6,10,12-13,16H,7-9H2,1H3,(H,15,17)/t10-,12-,13?/m0/s1. The van der Waals surface area contributed by atoms with Gasteiger partial charge in [0.1, 0.15) is 6.61 Å². The zero-order chi connectivity index (χ0) is 13.7. The Morgan fingerprint density at radius 1 is 1.47 bits per heavy atom. The highest BCUT2D eigenvalue weighted by Gasteiger charge is 2.29. The summed E-state index contributed by atoms with van der Waals surface area (Å²) in [6, 6.07) is 9.31. The first-order chi connectivity index (χ1) is 9.15. The van der Waals surface area contributed by atoms with Crippen molar-refractivity contribution in [3.63, 3.8) is 0 Å². The summed E-state index contributed by atoms with van der Waals surface area (Å²) in [5.41, 5.74) is 0.942. The molecule has 104 valence electrons. The van der Waals surface area contributed by atoms with Gasteiger partial charge in [0.05, 0.1) is 12.1 Å². The molecule has 0 spiro atoms. The number of carbonyl (C=O) groups excluding carboxylic acids is 1. The van der Waals surface area contributed by atoms with Crippen molar-refractivity contribution in [1.29, 1.82) is 0 Å². The summed E-state index contributed by atoms with van der Waals surface area (Å²) in [6.07, 6.45) is 0.00652. The van der Waals surface area contributed by atoms with Crippen molar-refractivity contribution in [2.24, 2.45) is 0 Å². The predicted molar refractivity (Wildman–Crippen MR) is 69.3 cm³/mol. The maximum Gasteiger partial charge on any atom is 0.407 e. The molecule has 1 amide bonds. The van der Waals surface area contributed by atoms with Crippen LogP contribution in [0.25, 0.3) is 0 Å². The molecule has 19 heavy (non-hydrogen) atoms. The van der Waals surface area contributed by atoms with Crippen LogP contribution in [0.3, 0.4) is 0 Å². The predicted octanol–water partition coefficient (Wildman–Crippen LogP) is 1.80. The maximum absolute atomic E-state index is 11.6. The number of aliphatic hydroxyl groups is 1. The summed E-state index contributed by atoms with van der Waals surface area (Å²) < 4.78 is 10.4. The molecule has 5 nitrogen and oxygen atoms in total. The van der Waals surface area contributed by atoms with Gasteiger partial charge in [-0.3, -0.25) is 0 Å². The fraction of sp³-hybridized carbons (Fsp3) is 0.500. The molecule has 0 bridgehead atoms. The lowest BCUT2D eigenvalue weighted by atomic mass is 10.1. The van der Waals surface area contributed by atoms with E-state index >= 15 is 0 Å². The van der Waals surface area contributed by atoms with E-state index in [9.17, 15) is 9.90 Å². The highest BCUT2D eigenvalue weighted by atomic mass is 16.6. The fourth-order valence-electron chi connectivity index (χ4n) is 2.06. The molecule has 1 aliphatic rings. The molecule has 2 rings (SSSR count). The molecular formula is C14H19NO4. The van der Waals surface area contributed by atoms with Gasteiger partial charge >= 0.3 is 6.09 Å². The number of nitrogens with one attached hydrogen (secondary N) is 1. The number of carbonyl (C=O) groups is 1. The lowest BCUT2D eigenvalue weighted by molar-refractivity contribution is -0.0967. The van der Waals surface area contributed by atoms with Crippen molar-refractivity contribution in [1.82, 2.24) is 5.32 Å². The van der Waals surface area contributed by atoms with Gasteiger partial charge in [0.25, 0.3) is 0 Å². The molecule has 0 aliphatic carbocycles. The van der Waals surface area contributed by atoms with Crippen molar-refractivity contribution >= 4 is 6.09 Å². The molecule has 3 atom stereocenters. The Morgan fingerprint density at radius 2 is 2.21 bits per heavy atom. The Hall–Kier alpha value is -1.59. The van der Waals surface area contributed by atoms with Crippen molar-refractivity contribution in [3.05, 3.63) is 35.9 Å². The van der Waals surface area contributed by atoms with Gasteiger partial charge in [0.15, 0.2) is 6.29 Å². The molecule has 1 fully saturated rings. The minimum atomic E-state index is -0.713. The largest absolute Gasteiger partial charge is 0.445 e. The Balaban J connectivity index is 1.72. The van der Waals surface area contributed by atoms with E-state index in [4.69, 9.17) is 9.47 Å². The molecule has 1 aromatic rings. The number of benzene rings is 1. The van der Waals surface area contributed by atoms with Gasteiger partial charge in [0.2, 0.25) is 0 Å². The van der Waals surface area contributed by atoms with Crippen LogP contribution in [-0.2, 0) is 16.1 Å². The van der Waals surface area contributed by atoms with Gasteiger partial charge in [-0.2, -0.15) is 0 Å². The van der Waals surface area contributed by atoms with Crippen LogP contribution in [-0.4, -0.2) is 29.6 Å². The maximum atomic E-state index is 11.6. The zero-order valence-electron chi connectivity index (χ0n) is 10.9. The molecule has 1 aromatic carbocycles. The lowest BCUT2D eigenvalue weighted by Gasteiger charge is -2.20. The second kappa shape index (κ2) is 6.54. The van der Waals surface area contributed by atoms with E-state index in [1.54, 1.807) is 0 Å². The number of alkyl carbamates (subject to hydrolysis) is 1. The first-order valence-corrected chi connectivity index (χ1v) is 6.46. The van der Waals surface area contributed by atoms with Gasteiger partial charge in [-0.05, 0) is 18.9 Å². The van der Waals surface area contributed by atoms with Crippen LogP contribution in [0.2, 0.25) is 0 Å². The van der Waals surface area contributed by atoms with Crippen LogP contribution in [0.1, 0.15) is 25.3 Å². The summed E-state index contributed by atoms with van der Waals surface area (Å²) in [6.45, 7) is 2.08. The van der Waals surface area contributed by atoms with E-state index in [0.717, 1.165) is 12.0 Å². The average Bonchev–Trinajstić information content (AvgIpc) is 2.84. The van der Waals surface area contributed by atoms with E-state index in [1.807, 2.05) is 37.3 Å². The minimum absolute atomic E-state index is 0.153. The van der Waals surface area contributed by atoms with Gasteiger partial charge in [-0.15, -0.1) is 0 Å². The van der Waals surface area contributed by atoms with Crippen molar-refractivity contribution in [3.8, 4) is 0 Å². The van der Waals surface area contributed by atoms with Gasteiger partial charge in [-0.25, -0.2) is 4.79 Å². The number of aliphatic hydroxyl groups excluding tert-OH is 1. The SMILES string of the molecule is C[C@H](NC(=O)OCc1ccccc1)[C@@H]1CCC(O)O1. The molecule has 1 unspecified atom stereocenters. The minimum Gasteiger partial charge on any atom is -0.445 e. The Labute approximate surface area is 112 Å². The molecule has 2 N–H and O–H groups in total. The second-order valence-electron chi connectivity index (χ2n) is 4.70. The Bertz CT molecular complexity index is 409. The molecule has 0 radical (unpaired) electrons. The zero-order valence-corrected chi connectivity index (χ0v) is 10.9. The summed E-state index contributed by atoms with van der Waals surface area (Å²) in [4.78, 5) is 11.6. The highest BCUT2D eigenvalue weighted by molar-refractivity contribution is 5.67. The van der Waals surface area contributed by atoms with E-state index in [2.05, 4.69) is 5.32 Å². The van der Waals surface area contributed by atoms with Crippen molar-refractivity contribution < 1.29 is 19.4 Å². The highest BCUT2D eigenvalue weighted by Crippen LogP contribution is 2.20. The number of rotatable bonds is 4. The summed E-state index contributed by atoms with van der Waals surface area (Å²) >= 11 is 0. The molecule has 5 heteroatoms. The smallest absolute Gasteiger partial charge is 0.407 e. The van der Waals surface area contributed by atoms with Gasteiger partial charge in [0, 0.05) is 6.42 Å². The van der Waals surface area contributed by atoms with Crippen LogP contribution in [0, 0.1) is 0 Å². The van der Waals surface area contributed by atoms with E-state index in [-0.39, 0.29) is 18.8 Å². The van der Waals surface area contributed by atoms with Crippen LogP contribution in [0.4, 0.5) is 4.79 Å². The van der Waals surface area contributed by atoms with E-state index in [0.29, 0.717) is 6.42 Å². The van der Waals surface area contributed by atoms with Gasteiger partial charge in [-0.1, -0.05) is 30.3 Å². The Morgan fingerprint density at radius 3 is 2.84 bits per heavy atom. The second-order valence-corrected chi connectivity index (χ2v) is 4.70. The van der Waals surface area contributed by atoms with Gasteiger partial charge < -0.3 is 19.9 Å². The average molecular weight is 265 g/mol. The summed E-state index contributed by atoms with van der Waals surface area (Å²) in [5.74, 6) is 0. The lowest BCUT2D eigenvalue weighted by Crippen LogP contribution is -2.41.